The monoisotopic (exact) mass is 546 g/mol. The number of phenols is 1. The molecule has 5 rings (SSSR count). The Bertz CT molecular complexity index is 1390. The van der Waals surface area contributed by atoms with E-state index in [1.54, 1.807) is 31.4 Å². The van der Waals surface area contributed by atoms with Crippen LogP contribution in [0.25, 0.3) is 11.0 Å². The van der Waals surface area contributed by atoms with Gasteiger partial charge in [-0.1, -0.05) is 44.9 Å². The molecule has 3 aromatic rings. The first-order chi connectivity index (χ1) is 19.4. The standard InChI is InChI=1S/C32H38N2O6/c1-39-25-15-12-23(13-16-25)34(29(36)18-11-21-7-5-6-8-21)30(32(38)33-22-9-3-2-4-10-22)27-20-40-28-17-14-24(35)19-26(28)31(27)37/h12-17,19-22,30,35H,2-11,18H2,1H3,(H,33,38). The van der Waals surface area contributed by atoms with Crippen molar-refractivity contribution in [1.29, 1.82) is 0 Å². The van der Waals surface area contributed by atoms with Crippen LogP contribution in [0.1, 0.15) is 82.2 Å². The number of rotatable bonds is 9. The molecule has 0 saturated heterocycles. The van der Waals surface area contributed by atoms with Crippen LogP contribution in [-0.4, -0.2) is 30.1 Å². The van der Waals surface area contributed by atoms with Crippen LogP contribution in [-0.2, 0) is 9.59 Å². The number of phenolic OH excluding ortho intramolecular Hbond substituents is 1. The van der Waals surface area contributed by atoms with E-state index < -0.39 is 17.4 Å². The van der Waals surface area contributed by atoms with Crippen molar-refractivity contribution in [3.63, 3.8) is 0 Å². The van der Waals surface area contributed by atoms with E-state index in [1.807, 2.05) is 0 Å². The lowest BCUT2D eigenvalue weighted by Gasteiger charge is -2.33. The lowest BCUT2D eigenvalue weighted by molar-refractivity contribution is -0.127. The molecule has 1 atom stereocenters. The van der Waals surface area contributed by atoms with Crippen LogP contribution in [0.2, 0.25) is 0 Å². The molecule has 1 unspecified atom stereocenters. The zero-order valence-corrected chi connectivity index (χ0v) is 23.1. The third-order valence-electron chi connectivity index (χ3n) is 8.40. The summed E-state index contributed by atoms with van der Waals surface area (Å²) in [6.07, 6.45) is 11.8. The highest BCUT2D eigenvalue weighted by Crippen LogP contribution is 2.33. The van der Waals surface area contributed by atoms with Crippen molar-refractivity contribution in [3.8, 4) is 11.5 Å². The maximum atomic E-state index is 14.1. The van der Waals surface area contributed by atoms with Crippen LogP contribution in [0, 0.1) is 5.92 Å². The first-order valence-corrected chi connectivity index (χ1v) is 14.5. The van der Waals surface area contributed by atoms with E-state index in [0.29, 0.717) is 22.9 Å². The van der Waals surface area contributed by atoms with Crippen molar-refractivity contribution in [2.75, 3.05) is 12.0 Å². The van der Waals surface area contributed by atoms with Crippen molar-refractivity contribution in [3.05, 3.63) is 64.5 Å². The van der Waals surface area contributed by atoms with Gasteiger partial charge in [-0.3, -0.25) is 19.3 Å². The minimum Gasteiger partial charge on any atom is -0.508 e. The van der Waals surface area contributed by atoms with E-state index in [2.05, 4.69) is 5.32 Å². The second-order valence-corrected chi connectivity index (χ2v) is 11.1. The van der Waals surface area contributed by atoms with Crippen molar-refractivity contribution < 1.29 is 23.8 Å². The molecular formula is C32H38N2O6. The van der Waals surface area contributed by atoms with Gasteiger partial charge in [-0.15, -0.1) is 0 Å². The van der Waals surface area contributed by atoms with E-state index in [9.17, 15) is 19.5 Å². The molecule has 40 heavy (non-hydrogen) atoms. The molecule has 8 nitrogen and oxygen atoms in total. The summed E-state index contributed by atoms with van der Waals surface area (Å²) in [6, 6.07) is 9.98. The van der Waals surface area contributed by atoms with Gasteiger partial charge in [0.15, 0.2) is 5.43 Å². The van der Waals surface area contributed by atoms with Gasteiger partial charge >= 0.3 is 0 Å². The molecule has 1 aromatic heterocycles. The number of amides is 2. The maximum Gasteiger partial charge on any atom is 0.248 e. The zero-order chi connectivity index (χ0) is 28.1. The highest BCUT2D eigenvalue weighted by Gasteiger charge is 2.36. The highest BCUT2D eigenvalue weighted by atomic mass is 16.5. The molecule has 8 heteroatoms. The fourth-order valence-corrected chi connectivity index (χ4v) is 6.17. The summed E-state index contributed by atoms with van der Waals surface area (Å²) in [7, 11) is 1.57. The molecule has 0 aliphatic heterocycles. The van der Waals surface area contributed by atoms with Gasteiger partial charge in [0.2, 0.25) is 11.8 Å². The molecule has 2 fully saturated rings. The van der Waals surface area contributed by atoms with E-state index >= 15 is 0 Å². The Balaban J connectivity index is 1.59. The van der Waals surface area contributed by atoms with Crippen molar-refractivity contribution in [2.45, 2.75) is 82.7 Å². The predicted octanol–water partition coefficient (Wildman–Crippen LogP) is 6.00. The van der Waals surface area contributed by atoms with Crippen LogP contribution >= 0.6 is 0 Å². The predicted molar refractivity (Wildman–Crippen MR) is 154 cm³/mol. The minimum absolute atomic E-state index is 0.0217. The lowest BCUT2D eigenvalue weighted by Crippen LogP contribution is -2.48. The number of nitrogens with zero attached hydrogens (tertiary/aromatic N) is 1. The Morgan fingerprint density at radius 2 is 1.73 bits per heavy atom. The number of hydrogen-bond donors (Lipinski definition) is 2. The lowest BCUT2D eigenvalue weighted by atomic mass is 9.94. The van der Waals surface area contributed by atoms with Crippen LogP contribution in [0.4, 0.5) is 5.69 Å². The normalized spacial score (nSPS) is 17.0. The summed E-state index contributed by atoms with van der Waals surface area (Å²) in [4.78, 5) is 43.4. The minimum atomic E-state index is -1.24. The molecule has 2 aromatic carbocycles. The van der Waals surface area contributed by atoms with Gasteiger partial charge < -0.3 is 19.6 Å². The summed E-state index contributed by atoms with van der Waals surface area (Å²) in [5.41, 5.74) is 0.387. The fraction of sp³-hybridized carbons (Fsp3) is 0.469. The first-order valence-electron chi connectivity index (χ1n) is 14.5. The van der Waals surface area contributed by atoms with Gasteiger partial charge in [0, 0.05) is 18.2 Å². The van der Waals surface area contributed by atoms with Crippen molar-refractivity contribution in [1.82, 2.24) is 5.32 Å². The summed E-state index contributed by atoms with van der Waals surface area (Å²) in [5.74, 6) is 0.385. The molecule has 0 bridgehead atoms. The Morgan fingerprint density at radius 1 is 1.02 bits per heavy atom. The quantitative estimate of drug-likeness (QED) is 0.341. The molecule has 212 valence electrons. The SMILES string of the molecule is COc1ccc(N(C(=O)CCC2CCCC2)C(C(=O)NC2CCCCC2)c2coc3ccc(O)cc3c2=O)cc1. The average Bonchev–Trinajstić information content (AvgIpc) is 3.50. The number of carbonyl (C=O) groups is 2. The zero-order valence-electron chi connectivity index (χ0n) is 23.1. The third kappa shape index (κ3) is 6.16. The van der Waals surface area contributed by atoms with E-state index in [-0.39, 0.29) is 35.1 Å². The summed E-state index contributed by atoms with van der Waals surface area (Å²) in [6.45, 7) is 0. The summed E-state index contributed by atoms with van der Waals surface area (Å²) in [5, 5.41) is 13.4. The fourth-order valence-electron chi connectivity index (χ4n) is 6.17. The Kier molecular flexibility index (Phi) is 8.72. The number of nitrogens with one attached hydrogen (secondary N) is 1. The molecule has 2 amide bonds. The van der Waals surface area contributed by atoms with Gasteiger partial charge in [-0.25, -0.2) is 0 Å². The molecule has 2 N–H and O–H groups in total. The van der Waals surface area contributed by atoms with Crippen LogP contribution < -0.4 is 20.4 Å². The molecular weight excluding hydrogens is 508 g/mol. The highest BCUT2D eigenvalue weighted by molar-refractivity contribution is 6.01. The van der Waals surface area contributed by atoms with E-state index in [4.69, 9.17) is 9.15 Å². The number of methoxy groups -OCH3 is 1. The molecule has 0 spiro atoms. The summed E-state index contributed by atoms with van der Waals surface area (Å²) < 4.78 is 11.1. The first kappa shape index (κ1) is 27.7. The Hall–Kier alpha value is -3.81. The number of carbonyl (C=O) groups excluding carboxylic acids is 2. The molecule has 0 radical (unpaired) electrons. The number of hydrogen-bond acceptors (Lipinski definition) is 6. The molecule has 1 heterocycles. The van der Waals surface area contributed by atoms with Gasteiger partial charge in [0.1, 0.15) is 29.4 Å². The smallest absolute Gasteiger partial charge is 0.248 e. The van der Waals surface area contributed by atoms with Gasteiger partial charge in [0.25, 0.3) is 0 Å². The van der Waals surface area contributed by atoms with Gasteiger partial charge in [-0.2, -0.15) is 0 Å². The molecule has 2 aliphatic carbocycles. The van der Waals surface area contributed by atoms with Crippen LogP contribution in [0.5, 0.6) is 11.5 Å². The van der Waals surface area contributed by atoms with Crippen molar-refractivity contribution in [2.24, 2.45) is 5.92 Å². The largest absolute Gasteiger partial charge is 0.508 e. The average molecular weight is 547 g/mol. The number of fused-ring (bicyclic) bond motifs is 1. The number of anilines is 1. The van der Waals surface area contributed by atoms with E-state index in [0.717, 1.165) is 51.4 Å². The Labute approximate surface area is 234 Å². The maximum absolute atomic E-state index is 14.1. The van der Waals surface area contributed by atoms with E-state index in [1.165, 1.54) is 42.2 Å². The second-order valence-electron chi connectivity index (χ2n) is 11.1. The second kappa shape index (κ2) is 12.6. The van der Waals surface area contributed by atoms with Crippen LogP contribution in [0.3, 0.4) is 0 Å². The third-order valence-corrected chi connectivity index (χ3v) is 8.40. The van der Waals surface area contributed by atoms with Gasteiger partial charge in [-0.05, 0) is 67.6 Å². The summed E-state index contributed by atoms with van der Waals surface area (Å²) >= 11 is 0. The van der Waals surface area contributed by atoms with Crippen molar-refractivity contribution >= 4 is 28.5 Å². The topological polar surface area (TPSA) is 109 Å². The number of ether oxygens (including phenoxy) is 1. The number of benzene rings is 2. The van der Waals surface area contributed by atoms with Crippen LogP contribution in [0.15, 0.2) is 57.9 Å². The molecule has 2 saturated carbocycles. The molecule has 2 aliphatic rings. The Morgan fingerprint density at radius 3 is 2.42 bits per heavy atom. The van der Waals surface area contributed by atoms with Gasteiger partial charge in [0.05, 0.1) is 18.1 Å². The number of aromatic hydroxyl groups is 1.